The molecule has 1 heterocycles. The van der Waals surface area contributed by atoms with Crippen LogP contribution in [0.25, 0.3) is 0 Å². The number of nitrogens with zero attached hydrogens (tertiary/aromatic N) is 1. The van der Waals surface area contributed by atoms with Crippen LogP contribution in [0.1, 0.15) is 26.7 Å². The van der Waals surface area contributed by atoms with Crippen LogP contribution in [0, 0.1) is 5.41 Å². The summed E-state index contributed by atoms with van der Waals surface area (Å²) in [4.78, 5) is 14.7. The van der Waals surface area contributed by atoms with Gasteiger partial charge in [0.25, 0.3) is 0 Å². The number of nitrogens with one attached hydrogen (secondary N) is 1. The molecule has 0 unspecified atom stereocenters. The van der Waals surface area contributed by atoms with Crippen molar-refractivity contribution in [2.75, 3.05) is 18.0 Å². The summed E-state index contributed by atoms with van der Waals surface area (Å²) in [6, 6.07) is 7.97. The largest absolute Gasteiger partial charge is 0.309 e. The van der Waals surface area contributed by atoms with Gasteiger partial charge in [0.2, 0.25) is 5.91 Å². The van der Waals surface area contributed by atoms with Gasteiger partial charge >= 0.3 is 0 Å². The minimum atomic E-state index is -0.499. The van der Waals surface area contributed by atoms with Gasteiger partial charge in [-0.25, -0.2) is 0 Å². The van der Waals surface area contributed by atoms with Crippen LogP contribution < -0.4 is 10.2 Å². The van der Waals surface area contributed by atoms with Crippen LogP contribution in [0.15, 0.2) is 28.7 Å². The number of benzene rings is 1. The molecule has 0 bridgehead atoms. The Balaban J connectivity index is 2.01. The Hall–Kier alpha value is -0.870. The maximum atomic E-state index is 12.8. The van der Waals surface area contributed by atoms with Gasteiger partial charge in [0.1, 0.15) is 0 Å². The van der Waals surface area contributed by atoms with E-state index in [9.17, 15) is 4.79 Å². The van der Waals surface area contributed by atoms with Gasteiger partial charge in [-0.15, -0.1) is 0 Å². The highest BCUT2D eigenvalue weighted by molar-refractivity contribution is 9.10. The van der Waals surface area contributed by atoms with Crippen LogP contribution in [-0.4, -0.2) is 24.5 Å². The van der Waals surface area contributed by atoms with Crippen LogP contribution >= 0.6 is 15.9 Å². The Kier molecular flexibility index (Phi) is 2.98. The van der Waals surface area contributed by atoms with Crippen molar-refractivity contribution in [2.24, 2.45) is 5.41 Å². The summed E-state index contributed by atoms with van der Waals surface area (Å²) in [6.45, 7) is 5.71. The summed E-state index contributed by atoms with van der Waals surface area (Å²) in [5.41, 5.74) is 0.774. The molecule has 1 aromatic carbocycles. The van der Waals surface area contributed by atoms with Crippen LogP contribution in [0.5, 0.6) is 0 Å². The number of carbonyl (C=O) groups is 1. The van der Waals surface area contributed by atoms with Gasteiger partial charge in [-0.3, -0.25) is 4.79 Å². The highest BCUT2D eigenvalue weighted by Gasteiger charge is 2.50. The summed E-state index contributed by atoms with van der Waals surface area (Å²) in [7, 11) is 0. The predicted molar refractivity (Wildman–Crippen MR) is 80.2 cm³/mol. The smallest absolute Gasteiger partial charge is 0.246 e. The third-order valence-corrected chi connectivity index (χ3v) is 4.95. The first-order valence-electron chi connectivity index (χ1n) is 6.75. The molecule has 19 heavy (non-hydrogen) atoms. The molecule has 1 spiro atoms. The van der Waals surface area contributed by atoms with Crippen molar-refractivity contribution in [2.45, 2.75) is 32.2 Å². The van der Waals surface area contributed by atoms with E-state index in [1.54, 1.807) is 0 Å². The topological polar surface area (TPSA) is 32.3 Å². The Morgan fingerprint density at radius 1 is 1.26 bits per heavy atom. The van der Waals surface area contributed by atoms with Crippen LogP contribution in [0.2, 0.25) is 0 Å². The van der Waals surface area contributed by atoms with E-state index < -0.39 is 5.54 Å². The third-order valence-electron chi connectivity index (χ3n) is 4.28. The fourth-order valence-electron chi connectivity index (χ4n) is 2.66. The lowest BCUT2D eigenvalue weighted by Gasteiger charge is -2.30. The van der Waals surface area contributed by atoms with E-state index in [0.29, 0.717) is 5.41 Å². The minimum Gasteiger partial charge on any atom is -0.309 e. The molecule has 2 aliphatic rings. The van der Waals surface area contributed by atoms with E-state index in [4.69, 9.17) is 0 Å². The van der Waals surface area contributed by atoms with Gasteiger partial charge in [-0.2, -0.15) is 0 Å². The second-order valence-electron chi connectivity index (χ2n) is 6.32. The zero-order chi connectivity index (χ0) is 13.7. The molecule has 0 aromatic heterocycles. The van der Waals surface area contributed by atoms with Crippen molar-refractivity contribution < 1.29 is 4.79 Å². The van der Waals surface area contributed by atoms with E-state index >= 15 is 0 Å². The first-order valence-corrected chi connectivity index (χ1v) is 7.54. The highest BCUT2D eigenvalue weighted by atomic mass is 79.9. The number of para-hydroxylation sites is 1. The fourth-order valence-corrected chi connectivity index (χ4v) is 3.16. The van der Waals surface area contributed by atoms with E-state index in [0.717, 1.165) is 23.2 Å². The molecule has 1 aromatic rings. The van der Waals surface area contributed by atoms with Crippen LogP contribution in [0.4, 0.5) is 5.69 Å². The molecule has 1 N–H and O–H groups in total. The molecule has 102 valence electrons. The Morgan fingerprint density at radius 3 is 2.58 bits per heavy atom. The molecule has 1 aliphatic carbocycles. The van der Waals surface area contributed by atoms with Crippen molar-refractivity contribution in [3.05, 3.63) is 28.7 Å². The Bertz CT molecular complexity index is 523. The third kappa shape index (κ3) is 2.32. The summed E-state index contributed by atoms with van der Waals surface area (Å²) in [5, 5.41) is 3.44. The van der Waals surface area contributed by atoms with Crippen LogP contribution in [-0.2, 0) is 4.79 Å². The molecule has 4 heteroatoms. The maximum Gasteiger partial charge on any atom is 0.246 e. The standard InChI is InChI=1S/C15H19BrN2O/c1-14(2)13(19)18(10-15(7-8-15)9-17-14)12-6-4-3-5-11(12)16/h3-6,17H,7-10H2,1-2H3. The number of hydrogen-bond donors (Lipinski definition) is 1. The number of hydrogen-bond acceptors (Lipinski definition) is 2. The Labute approximate surface area is 122 Å². The quantitative estimate of drug-likeness (QED) is 0.862. The molecule has 3 nitrogen and oxygen atoms in total. The summed E-state index contributed by atoms with van der Waals surface area (Å²) in [5.74, 6) is 0.156. The maximum absolute atomic E-state index is 12.8. The van der Waals surface area contributed by atoms with Crippen molar-refractivity contribution in [3.63, 3.8) is 0 Å². The number of rotatable bonds is 1. The van der Waals surface area contributed by atoms with Gasteiger partial charge in [-0.1, -0.05) is 12.1 Å². The molecular formula is C15H19BrN2O. The van der Waals surface area contributed by atoms with E-state index in [2.05, 4.69) is 21.2 Å². The number of anilines is 1. The Morgan fingerprint density at radius 2 is 1.95 bits per heavy atom. The van der Waals surface area contributed by atoms with Crippen LogP contribution in [0.3, 0.4) is 0 Å². The van der Waals surface area contributed by atoms with Gasteiger partial charge in [0.05, 0.1) is 11.2 Å². The van der Waals surface area contributed by atoms with Crippen molar-refractivity contribution >= 4 is 27.5 Å². The van der Waals surface area contributed by atoms with E-state index in [1.807, 2.05) is 43.0 Å². The van der Waals surface area contributed by atoms with E-state index in [1.165, 1.54) is 12.8 Å². The fraction of sp³-hybridized carbons (Fsp3) is 0.533. The second-order valence-corrected chi connectivity index (χ2v) is 7.18. The SMILES string of the molecule is CC1(C)NCC2(CC2)CN(c2ccccc2Br)C1=O. The number of amides is 1. The summed E-state index contributed by atoms with van der Waals surface area (Å²) in [6.07, 6.45) is 2.43. The minimum absolute atomic E-state index is 0.156. The molecule has 1 amide bonds. The highest BCUT2D eigenvalue weighted by Crippen LogP contribution is 2.48. The first kappa shape index (κ1) is 13.1. The summed E-state index contributed by atoms with van der Waals surface area (Å²) >= 11 is 3.57. The average Bonchev–Trinajstić information content (AvgIpc) is 3.15. The van der Waals surface area contributed by atoms with Gasteiger partial charge in [0, 0.05) is 23.0 Å². The number of halogens is 1. The lowest BCUT2D eigenvalue weighted by molar-refractivity contribution is -0.123. The summed E-state index contributed by atoms with van der Waals surface area (Å²) < 4.78 is 0.983. The molecule has 1 aliphatic heterocycles. The van der Waals surface area contributed by atoms with Crippen molar-refractivity contribution in [1.82, 2.24) is 5.32 Å². The van der Waals surface area contributed by atoms with Crippen molar-refractivity contribution in [1.29, 1.82) is 0 Å². The number of carbonyl (C=O) groups excluding carboxylic acids is 1. The van der Waals surface area contributed by atoms with Gasteiger partial charge < -0.3 is 10.2 Å². The monoisotopic (exact) mass is 322 g/mol. The average molecular weight is 323 g/mol. The lowest BCUT2D eigenvalue weighted by atomic mass is 10.0. The lowest BCUT2D eigenvalue weighted by Crippen LogP contribution is -2.51. The normalized spacial score (nSPS) is 24.4. The molecule has 0 radical (unpaired) electrons. The molecule has 1 saturated carbocycles. The molecule has 0 atom stereocenters. The zero-order valence-electron chi connectivity index (χ0n) is 11.4. The molecule has 3 rings (SSSR count). The first-order chi connectivity index (χ1) is 8.94. The molecular weight excluding hydrogens is 304 g/mol. The van der Waals surface area contributed by atoms with Gasteiger partial charge in [0.15, 0.2) is 0 Å². The predicted octanol–water partition coefficient (Wildman–Crippen LogP) is 2.94. The van der Waals surface area contributed by atoms with Gasteiger partial charge in [-0.05, 0) is 54.8 Å². The molecule has 2 fully saturated rings. The zero-order valence-corrected chi connectivity index (χ0v) is 13.0. The van der Waals surface area contributed by atoms with E-state index in [-0.39, 0.29) is 5.91 Å². The molecule has 1 saturated heterocycles. The second kappa shape index (κ2) is 4.32. The van der Waals surface area contributed by atoms with Crippen molar-refractivity contribution in [3.8, 4) is 0 Å².